The summed E-state index contributed by atoms with van der Waals surface area (Å²) in [7, 11) is 0. The number of rotatable bonds is 5. The summed E-state index contributed by atoms with van der Waals surface area (Å²) in [5.74, 6) is 0.599. The molecule has 1 aliphatic heterocycles. The average molecular weight is 481 g/mol. The Balaban J connectivity index is 1.36. The van der Waals surface area contributed by atoms with Gasteiger partial charge in [0.05, 0.1) is 26.6 Å². The third-order valence-corrected chi connectivity index (χ3v) is 6.30. The zero-order valence-electron chi connectivity index (χ0n) is 17.7. The number of hydrogen-bond donors (Lipinski definition) is 3. The minimum Gasteiger partial charge on any atom is -0.382 e. The number of fused-ring (bicyclic) bond motifs is 1. The average Bonchev–Trinajstić information content (AvgIpc) is 2.82. The second kappa shape index (κ2) is 9.39. The van der Waals surface area contributed by atoms with Crippen LogP contribution in [0.2, 0.25) is 10.0 Å². The fourth-order valence-electron chi connectivity index (χ4n) is 3.96. The van der Waals surface area contributed by atoms with Crippen LogP contribution in [-0.4, -0.2) is 33.7 Å². The molecule has 4 aromatic rings. The molecule has 2 aromatic carbocycles. The van der Waals surface area contributed by atoms with Crippen LogP contribution in [0.5, 0.6) is 0 Å². The maximum Gasteiger partial charge on any atom is 0.267 e. The Morgan fingerprint density at radius 3 is 2.39 bits per heavy atom. The third-order valence-electron chi connectivity index (χ3n) is 5.69. The van der Waals surface area contributed by atoms with Gasteiger partial charge in [0, 0.05) is 29.7 Å². The summed E-state index contributed by atoms with van der Waals surface area (Å²) in [6.07, 6.45) is 5.20. The van der Waals surface area contributed by atoms with Crippen LogP contribution in [0, 0.1) is 0 Å². The number of halogens is 2. The van der Waals surface area contributed by atoms with Crippen molar-refractivity contribution in [1.29, 1.82) is 0 Å². The summed E-state index contributed by atoms with van der Waals surface area (Å²) in [4.78, 5) is 21.9. The Hall–Kier alpha value is -3.13. The van der Waals surface area contributed by atoms with Crippen LogP contribution in [0.3, 0.4) is 0 Å². The van der Waals surface area contributed by atoms with Gasteiger partial charge in [-0.05, 0) is 62.3 Å². The van der Waals surface area contributed by atoms with Crippen LogP contribution in [0.1, 0.15) is 12.8 Å². The van der Waals surface area contributed by atoms with Gasteiger partial charge in [-0.15, -0.1) is 0 Å². The van der Waals surface area contributed by atoms with Crippen molar-refractivity contribution in [3.05, 3.63) is 81.5 Å². The normalized spacial score (nSPS) is 14.4. The summed E-state index contributed by atoms with van der Waals surface area (Å²) in [6, 6.07) is 15.4. The molecule has 7 nitrogen and oxygen atoms in total. The lowest BCUT2D eigenvalue weighted by molar-refractivity contribution is 0.479. The molecule has 1 aliphatic rings. The van der Waals surface area contributed by atoms with E-state index in [9.17, 15) is 4.79 Å². The molecule has 0 amide bonds. The molecule has 0 aliphatic carbocycles. The van der Waals surface area contributed by atoms with Crippen molar-refractivity contribution in [2.75, 3.05) is 23.7 Å². The van der Waals surface area contributed by atoms with E-state index < -0.39 is 0 Å². The molecule has 0 radical (unpaired) electrons. The molecule has 3 heterocycles. The highest BCUT2D eigenvalue weighted by Gasteiger charge is 2.14. The Kier molecular flexibility index (Phi) is 6.17. The smallest absolute Gasteiger partial charge is 0.267 e. The molecule has 0 saturated carbocycles. The summed E-state index contributed by atoms with van der Waals surface area (Å²) in [6.45, 7) is 2.10. The van der Waals surface area contributed by atoms with E-state index >= 15 is 0 Å². The molecule has 0 unspecified atom stereocenters. The van der Waals surface area contributed by atoms with E-state index in [0.29, 0.717) is 38.5 Å². The standard InChI is InChI=1S/C24H22Cl2N6O/c25-19-2-1-3-20(26)23(19)32-14-29-21-12-22(28-13-18(21)24(32)33)31-16-6-4-15(5-7-16)30-17-8-10-27-11-9-17/h1-7,12-14,17,27,30H,8-11H2,(H,28,31). The quantitative estimate of drug-likeness (QED) is 0.372. The van der Waals surface area contributed by atoms with Gasteiger partial charge < -0.3 is 16.0 Å². The lowest BCUT2D eigenvalue weighted by Gasteiger charge is -2.24. The molecular weight excluding hydrogens is 459 g/mol. The highest BCUT2D eigenvalue weighted by atomic mass is 35.5. The van der Waals surface area contributed by atoms with E-state index in [1.807, 2.05) is 12.1 Å². The SMILES string of the molecule is O=c1c2cnc(Nc3ccc(NC4CCNCC4)cc3)cc2ncn1-c1c(Cl)cccc1Cl. The van der Waals surface area contributed by atoms with Gasteiger partial charge in [-0.1, -0.05) is 29.3 Å². The lowest BCUT2D eigenvalue weighted by Crippen LogP contribution is -2.35. The van der Waals surface area contributed by atoms with Crippen LogP contribution in [0.4, 0.5) is 17.2 Å². The van der Waals surface area contributed by atoms with Crippen LogP contribution in [-0.2, 0) is 0 Å². The van der Waals surface area contributed by atoms with Crippen molar-refractivity contribution in [3.63, 3.8) is 0 Å². The fraction of sp³-hybridized carbons (Fsp3) is 0.208. The molecule has 3 N–H and O–H groups in total. The second-order valence-corrected chi connectivity index (χ2v) is 8.76. The van der Waals surface area contributed by atoms with Crippen molar-refractivity contribution in [1.82, 2.24) is 19.9 Å². The number of nitrogens with zero attached hydrogens (tertiary/aromatic N) is 3. The number of aromatic nitrogens is 3. The molecule has 0 bridgehead atoms. The topological polar surface area (TPSA) is 83.9 Å². The van der Waals surface area contributed by atoms with Crippen LogP contribution in [0.25, 0.3) is 16.6 Å². The fourth-order valence-corrected chi connectivity index (χ4v) is 4.54. The summed E-state index contributed by atoms with van der Waals surface area (Å²) in [5.41, 5.74) is 2.64. The van der Waals surface area contributed by atoms with Gasteiger partial charge in [0.25, 0.3) is 5.56 Å². The molecule has 168 valence electrons. The van der Waals surface area contributed by atoms with Gasteiger partial charge >= 0.3 is 0 Å². The summed E-state index contributed by atoms with van der Waals surface area (Å²) < 4.78 is 1.34. The van der Waals surface area contributed by atoms with Crippen molar-refractivity contribution in [2.45, 2.75) is 18.9 Å². The Bertz CT molecular complexity index is 1330. The number of nitrogens with one attached hydrogen (secondary N) is 3. The number of benzene rings is 2. The maximum absolute atomic E-state index is 13.0. The zero-order chi connectivity index (χ0) is 22.8. The first-order chi connectivity index (χ1) is 16.1. The largest absolute Gasteiger partial charge is 0.382 e. The molecule has 33 heavy (non-hydrogen) atoms. The summed E-state index contributed by atoms with van der Waals surface area (Å²) in [5, 5.41) is 11.3. The zero-order valence-corrected chi connectivity index (χ0v) is 19.2. The number of hydrogen-bond acceptors (Lipinski definition) is 6. The number of para-hydroxylation sites is 1. The summed E-state index contributed by atoms with van der Waals surface area (Å²) >= 11 is 12.5. The van der Waals surface area contributed by atoms with Gasteiger partial charge in [-0.3, -0.25) is 9.36 Å². The second-order valence-electron chi connectivity index (χ2n) is 7.95. The molecular formula is C24H22Cl2N6O. The van der Waals surface area contributed by atoms with Gasteiger partial charge in [-0.25, -0.2) is 9.97 Å². The monoisotopic (exact) mass is 480 g/mol. The minimum absolute atomic E-state index is 0.289. The van der Waals surface area contributed by atoms with E-state index in [0.717, 1.165) is 37.3 Å². The van der Waals surface area contributed by atoms with E-state index in [2.05, 4.69) is 38.1 Å². The molecule has 9 heteroatoms. The number of piperidine rings is 1. The van der Waals surface area contributed by atoms with Crippen LogP contribution in [0.15, 0.2) is 65.8 Å². The first-order valence-corrected chi connectivity index (χ1v) is 11.5. The number of anilines is 3. The number of pyridine rings is 1. The third kappa shape index (κ3) is 4.66. The van der Waals surface area contributed by atoms with E-state index in [1.165, 1.54) is 17.1 Å². The minimum atomic E-state index is -0.289. The van der Waals surface area contributed by atoms with Gasteiger partial charge in [-0.2, -0.15) is 0 Å². The first-order valence-electron chi connectivity index (χ1n) is 10.7. The first kappa shape index (κ1) is 21.7. The maximum atomic E-state index is 13.0. The van der Waals surface area contributed by atoms with Crippen LogP contribution >= 0.6 is 23.2 Å². The molecule has 5 rings (SSSR count). The van der Waals surface area contributed by atoms with Crippen LogP contribution < -0.4 is 21.5 Å². The molecule has 1 saturated heterocycles. The predicted octanol–water partition coefficient (Wildman–Crippen LogP) is 5.00. The van der Waals surface area contributed by atoms with E-state index in [4.69, 9.17) is 23.2 Å². The Labute approximate surface area is 200 Å². The van der Waals surface area contributed by atoms with Gasteiger partial charge in [0.15, 0.2) is 0 Å². The van der Waals surface area contributed by atoms with Gasteiger partial charge in [0.2, 0.25) is 0 Å². The van der Waals surface area contributed by atoms with Crippen molar-refractivity contribution in [2.24, 2.45) is 0 Å². The Morgan fingerprint density at radius 2 is 1.67 bits per heavy atom. The highest BCUT2D eigenvalue weighted by molar-refractivity contribution is 6.37. The molecule has 0 spiro atoms. The van der Waals surface area contributed by atoms with E-state index in [-0.39, 0.29) is 5.56 Å². The molecule has 1 fully saturated rings. The molecule has 2 aromatic heterocycles. The van der Waals surface area contributed by atoms with Gasteiger partial charge in [0.1, 0.15) is 12.1 Å². The highest BCUT2D eigenvalue weighted by Crippen LogP contribution is 2.27. The Morgan fingerprint density at radius 1 is 0.970 bits per heavy atom. The van der Waals surface area contributed by atoms with E-state index in [1.54, 1.807) is 24.3 Å². The molecule has 0 atom stereocenters. The van der Waals surface area contributed by atoms with Crippen molar-refractivity contribution >= 4 is 51.3 Å². The van der Waals surface area contributed by atoms with Crippen molar-refractivity contribution < 1.29 is 0 Å². The predicted molar refractivity (Wildman–Crippen MR) is 134 cm³/mol. The lowest BCUT2D eigenvalue weighted by atomic mass is 10.1. The van der Waals surface area contributed by atoms with Crippen molar-refractivity contribution in [3.8, 4) is 5.69 Å².